The summed E-state index contributed by atoms with van der Waals surface area (Å²) in [6.07, 6.45) is -0.238. The average molecular weight is 160 g/mol. The molecule has 0 amide bonds. The first-order valence-corrected chi connectivity index (χ1v) is 4.43. The molecule has 2 atom stereocenters. The third-order valence-electron chi connectivity index (χ3n) is 1.65. The first-order chi connectivity index (χ1) is 5.30. The van der Waals surface area contributed by atoms with Crippen molar-refractivity contribution < 1.29 is 5.11 Å². The molecule has 68 valence electrons. The predicted octanol–water partition coefficient (Wildman–Crippen LogP) is -0.0452. The Hall–Kier alpha value is -0.120. The summed E-state index contributed by atoms with van der Waals surface area (Å²) < 4.78 is 0. The van der Waals surface area contributed by atoms with Crippen molar-refractivity contribution in [3.63, 3.8) is 0 Å². The van der Waals surface area contributed by atoms with Crippen LogP contribution in [0.15, 0.2) is 0 Å². The normalized spacial score (nSPS) is 26.7. The Morgan fingerprint density at radius 3 is 2.27 bits per heavy atom. The maximum atomic E-state index is 9.07. The standard InChI is InChI=1S/C6H14N2O.C2H6/c1-5(9)6-4-7-2-3-8-6;1-2/h5-9H,2-4H2,1H3;1-2H3. The van der Waals surface area contributed by atoms with E-state index in [1.54, 1.807) is 0 Å². The monoisotopic (exact) mass is 160 g/mol. The Kier molecular flexibility index (Phi) is 6.51. The lowest BCUT2D eigenvalue weighted by Gasteiger charge is -2.26. The first-order valence-electron chi connectivity index (χ1n) is 4.43. The van der Waals surface area contributed by atoms with Gasteiger partial charge in [0.05, 0.1) is 6.10 Å². The van der Waals surface area contributed by atoms with Crippen LogP contribution in [0.1, 0.15) is 20.8 Å². The predicted molar refractivity (Wildman–Crippen MR) is 47.7 cm³/mol. The van der Waals surface area contributed by atoms with Crippen molar-refractivity contribution in [2.75, 3.05) is 19.6 Å². The van der Waals surface area contributed by atoms with Gasteiger partial charge in [0.1, 0.15) is 0 Å². The van der Waals surface area contributed by atoms with Crippen LogP contribution >= 0.6 is 0 Å². The van der Waals surface area contributed by atoms with Crippen molar-refractivity contribution in [2.45, 2.75) is 32.9 Å². The van der Waals surface area contributed by atoms with E-state index in [-0.39, 0.29) is 12.1 Å². The lowest BCUT2D eigenvalue weighted by atomic mass is 10.1. The molecule has 3 heteroatoms. The van der Waals surface area contributed by atoms with Crippen LogP contribution in [-0.2, 0) is 0 Å². The number of hydrogen-bond donors (Lipinski definition) is 3. The van der Waals surface area contributed by atoms with Crippen LogP contribution in [-0.4, -0.2) is 36.9 Å². The van der Waals surface area contributed by atoms with Gasteiger partial charge in [0, 0.05) is 25.7 Å². The molecule has 1 fully saturated rings. The van der Waals surface area contributed by atoms with Gasteiger partial charge < -0.3 is 15.7 Å². The molecule has 1 aliphatic heterocycles. The van der Waals surface area contributed by atoms with E-state index in [2.05, 4.69) is 10.6 Å². The highest BCUT2D eigenvalue weighted by atomic mass is 16.3. The van der Waals surface area contributed by atoms with E-state index in [9.17, 15) is 0 Å². The molecular formula is C8H20N2O. The third kappa shape index (κ3) is 4.35. The summed E-state index contributed by atoms with van der Waals surface area (Å²) in [4.78, 5) is 0. The van der Waals surface area contributed by atoms with Crippen LogP contribution in [0.25, 0.3) is 0 Å². The summed E-state index contributed by atoms with van der Waals surface area (Å²) in [6, 6.07) is 0.249. The lowest BCUT2D eigenvalue weighted by Crippen LogP contribution is -2.53. The highest BCUT2D eigenvalue weighted by Gasteiger charge is 2.15. The summed E-state index contributed by atoms with van der Waals surface area (Å²) in [5, 5.41) is 15.5. The summed E-state index contributed by atoms with van der Waals surface area (Å²) in [5.41, 5.74) is 0. The molecular weight excluding hydrogens is 140 g/mol. The Bertz CT molecular complexity index is 80.2. The second-order valence-corrected chi connectivity index (χ2v) is 2.51. The van der Waals surface area contributed by atoms with Gasteiger partial charge in [-0.05, 0) is 6.92 Å². The van der Waals surface area contributed by atoms with E-state index in [0.717, 1.165) is 19.6 Å². The molecule has 0 spiro atoms. The maximum absolute atomic E-state index is 9.07. The second kappa shape index (κ2) is 6.58. The summed E-state index contributed by atoms with van der Waals surface area (Å²) >= 11 is 0. The topological polar surface area (TPSA) is 44.3 Å². The maximum Gasteiger partial charge on any atom is 0.0677 e. The third-order valence-corrected chi connectivity index (χ3v) is 1.65. The zero-order chi connectivity index (χ0) is 8.69. The highest BCUT2D eigenvalue weighted by molar-refractivity contribution is 4.78. The molecule has 1 rings (SSSR count). The van der Waals surface area contributed by atoms with Gasteiger partial charge in [-0.2, -0.15) is 0 Å². The Labute approximate surface area is 69.2 Å². The molecule has 2 unspecified atom stereocenters. The molecule has 0 aromatic carbocycles. The van der Waals surface area contributed by atoms with Gasteiger partial charge in [-0.15, -0.1) is 0 Å². The number of rotatable bonds is 1. The van der Waals surface area contributed by atoms with Gasteiger partial charge in [0.25, 0.3) is 0 Å². The smallest absolute Gasteiger partial charge is 0.0677 e. The Morgan fingerprint density at radius 2 is 2.00 bits per heavy atom. The fraction of sp³-hybridized carbons (Fsp3) is 1.00. The van der Waals surface area contributed by atoms with Gasteiger partial charge in [0.15, 0.2) is 0 Å². The van der Waals surface area contributed by atoms with Gasteiger partial charge in [0.2, 0.25) is 0 Å². The summed E-state index contributed by atoms with van der Waals surface area (Å²) in [5.74, 6) is 0. The van der Waals surface area contributed by atoms with Crippen LogP contribution in [0.5, 0.6) is 0 Å². The fourth-order valence-corrected chi connectivity index (χ4v) is 1.02. The molecule has 0 aliphatic carbocycles. The largest absolute Gasteiger partial charge is 0.392 e. The van der Waals surface area contributed by atoms with Crippen LogP contribution in [0.4, 0.5) is 0 Å². The molecule has 1 aliphatic rings. The fourth-order valence-electron chi connectivity index (χ4n) is 1.02. The summed E-state index contributed by atoms with van der Waals surface area (Å²) in [6.45, 7) is 8.68. The minimum absolute atomic E-state index is 0.238. The van der Waals surface area contributed by atoms with Crippen molar-refractivity contribution in [2.24, 2.45) is 0 Å². The van der Waals surface area contributed by atoms with E-state index in [1.807, 2.05) is 20.8 Å². The Balaban J connectivity index is 0.000000461. The molecule has 3 nitrogen and oxygen atoms in total. The van der Waals surface area contributed by atoms with Crippen molar-refractivity contribution in [3.8, 4) is 0 Å². The molecule has 0 saturated carbocycles. The van der Waals surface area contributed by atoms with Crippen molar-refractivity contribution in [1.82, 2.24) is 10.6 Å². The molecule has 3 N–H and O–H groups in total. The van der Waals surface area contributed by atoms with E-state index in [4.69, 9.17) is 5.11 Å². The van der Waals surface area contributed by atoms with E-state index in [0.29, 0.717) is 0 Å². The molecule has 0 aromatic rings. The number of aliphatic hydroxyl groups excluding tert-OH is 1. The number of aliphatic hydroxyl groups is 1. The molecule has 1 saturated heterocycles. The number of nitrogens with one attached hydrogen (secondary N) is 2. The molecule has 0 radical (unpaired) electrons. The van der Waals surface area contributed by atoms with Crippen molar-refractivity contribution in [3.05, 3.63) is 0 Å². The van der Waals surface area contributed by atoms with E-state index >= 15 is 0 Å². The number of hydrogen-bond acceptors (Lipinski definition) is 3. The van der Waals surface area contributed by atoms with Crippen LogP contribution < -0.4 is 10.6 Å². The quantitative estimate of drug-likeness (QED) is 0.504. The Morgan fingerprint density at radius 1 is 1.36 bits per heavy atom. The zero-order valence-corrected chi connectivity index (χ0v) is 7.72. The van der Waals surface area contributed by atoms with Gasteiger partial charge in [-0.3, -0.25) is 0 Å². The van der Waals surface area contributed by atoms with Crippen molar-refractivity contribution in [1.29, 1.82) is 0 Å². The molecule has 0 aromatic heterocycles. The molecule has 0 bridgehead atoms. The van der Waals surface area contributed by atoms with Gasteiger partial charge >= 0.3 is 0 Å². The second-order valence-electron chi connectivity index (χ2n) is 2.51. The van der Waals surface area contributed by atoms with Crippen LogP contribution in [0, 0.1) is 0 Å². The minimum Gasteiger partial charge on any atom is -0.392 e. The molecule has 11 heavy (non-hydrogen) atoms. The van der Waals surface area contributed by atoms with Gasteiger partial charge in [-0.25, -0.2) is 0 Å². The van der Waals surface area contributed by atoms with Gasteiger partial charge in [-0.1, -0.05) is 13.8 Å². The number of piperazine rings is 1. The minimum atomic E-state index is -0.238. The van der Waals surface area contributed by atoms with E-state index in [1.165, 1.54) is 0 Å². The SMILES string of the molecule is CC.CC(O)C1CNCCN1. The van der Waals surface area contributed by atoms with Crippen LogP contribution in [0.2, 0.25) is 0 Å². The van der Waals surface area contributed by atoms with Crippen LogP contribution in [0.3, 0.4) is 0 Å². The first kappa shape index (κ1) is 10.9. The van der Waals surface area contributed by atoms with Crippen molar-refractivity contribution >= 4 is 0 Å². The average Bonchev–Trinajstić information content (AvgIpc) is 2.10. The van der Waals surface area contributed by atoms with E-state index < -0.39 is 0 Å². The highest BCUT2D eigenvalue weighted by Crippen LogP contribution is 1.92. The summed E-state index contributed by atoms with van der Waals surface area (Å²) in [7, 11) is 0. The molecule has 1 heterocycles. The lowest BCUT2D eigenvalue weighted by molar-refractivity contribution is 0.136. The zero-order valence-electron chi connectivity index (χ0n) is 7.72.